The van der Waals surface area contributed by atoms with Crippen molar-refractivity contribution in [3.05, 3.63) is 42.0 Å². The highest BCUT2D eigenvalue weighted by Crippen LogP contribution is 2.40. The second kappa shape index (κ2) is 8.11. The summed E-state index contributed by atoms with van der Waals surface area (Å²) in [5, 5.41) is 0. The van der Waals surface area contributed by atoms with Gasteiger partial charge in [-0.2, -0.15) is 0 Å². The third-order valence-corrected chi connectivity index (χ3v) is 5.34. The van der Waals surface area contributed by atoms with Gasteiger partial charge < -0.3 is 28.6 Å². The van der Waals surface area contributed by atoms with Crippen molar-refractivity contribution >= 4 is 5.91 Å². The van der Waals surface area contributed by atoms with Gasteiger partial charge in [0.1, 0.15) is 17.2 Å². The van der Waals surface area contributed by atoms with Crippen LogP contribution in [0.4, 0.5) is 0 Å². The maximum Gasteiger partial charge on any atom is 0.263 e. The van der Waals surface area contributed by atoms with Crippen molar-refractivity contribution in [2.45, 2.75) is 31.9 Å². The van der Waals surface area contributed by atoms with Gasteiger partial charge >= 0.3 is 0 Å². The monoisotopic (exact) mass is 399 g/mol. The smallest absolute Gasteiger partial charge is 0.263 e. The maximum atomic E-state index is 13.2. The quantitative estimate of drug-likeness (QED) is 0.740. The number of likely N-dealkylation sites (tertiary alicyclic amines) is 1. The first-order valence-electron chi connectivity index (χ1n) is 9.69. The van der Waals surface area contributed by atoms with E-state index in [2.05, 4.69) is 0 Å². The first-order chi connectivity index (χ1) is 14.1. The molecule has 2 aliphatic heterocycles. The number of hydrogen-bond acceptors (Lipinski definition) is 6. The number of carbonyl (C=O) groups is 1. The maximum absolute atomic E-state index is 13.2. The van der Waals surface area contributed by atoms with E-state index < -0.39 is 6.10 Å². The van der Waals surface area contributed by atoms with Crippen molar-refractivity contribution in [3.8, 4) is 28.7 Å². The van der Waals surface area contributed by atoms with Crippen LogP contribution in [0.3, 0.4) is 0 Å². The molecule has 29 heavy (non-hydrogen) atoms. The highest BCUT2D eigenvalue weighted by atomic mass is 16.7. The predicted molar refractivity (Wildman–Crippen MR) is 106 cm³/mol. The van der Waals surface area contributed by atoms with Crippen LogP contribution in [-0.2, 0) is 4.79 Å². The van der Waals surface area contributed by atoms with Crippen LogP contribution in [0.25, 0.3) is 0 Å². The van der Waals surface area contributed by atoms with Crippen molar-refractivity contribution in [1.82, 2.24) is 4.90 Å². The van der Waals surface area contributed by atoms with Crippen LogP contribution >= 0.6 is 0 Å². The van der Waals surface area contributed by atoms with Crippen molar-refractivity contribution in [1.29, 1.82) is 0 Å². The molecule has 154 valence electrons. The molecule has 1 saturated heterocycles. The van der Waals surface area contributed by atoms with Gasteiger partial charge in [0, 0.05) is 18.2 Å². The molecule has 0 bridgehead atoms. The zero-order valence-electron chi connectivity index (χ0n) is 16.8. The summed E-state index contributed by atoms with van der Waals surface area (Å²) >= 11 is 0. The van der Waals surface area contributed by atoms with Crippen LogP contribution < -0.4 is 23.7 Å². The lowest BCUT2D eigenvalue weighted by molar-refractivity contribution is -0.139. The third-order valence-electron chi connectivity index (χ3n) is 5.34. The van der Waals surface area contributed by atoms with Crippen LogP contribution in [-0.4, -0.2) is 44.5 Å². The molecule has 0 radical (unpaired) electrons. The van der Waals surface area contributed by atoms with E-state index in [1.807, 2.05) is 23.1 Å². The Balaban J connectivity index is 1.52. The van der Waals surface area contributed by atoms with E-state index >= 15 is 0 Å². The number of fused-ring (bicyclic) bond motifs is 1. The molecule has 2 aliphatic rings. The predicted octanol–water partition coefficient (Wildman–Crippen LogP) is 3.56. The Labute approximate surface area is 170 Å². The minimum absolute atomic E-state index is 0.0601. The average Bonchev–Trinajstić information content (AvgIpc) is 3.41. The largest absolute Gasteiger partial charge is 0.497 e. The van der Waals surface area contributed by atoms with Gasteiger partial charge in [-0.05, 0) is 50.1 Å². The number of ether oxygens (including phenoxy) is 5. The summed E-state index contributed by atoms with van der Waals surface area (Å²) in [4.78, 5) is 15.1. The molecular weight excluding hydrogens is 374 g/mol. The van der Waals surface area contributed by atoms with E-state index in [9.17, 15) is 4.79 Å². The summed E-state index contributed by atoms with van der Waals surface area (Å²) in [6.07, 6.45) is 1.16. The van der Waals surface area contributed by atoms with Gasteiger partial charge in [-0.1, -0.05) is 0 Å². The fraction of sp³-hybridized carbons (Fsp3) is 0.409. The highest BCUT2D eigenvalue weighted by Gasteiger charge is 2.35. The third kappa shape index (κ3) is 3.77. The molecule has 7 heteroatoms. The number of amides is 1. The van der Waals surface area contributed by atoms with Crippen LogP contribution in [0.2, 0.25) is 0 Å². The standard InChI is InChI=1S/C22H25NO6/c1-14(29-16-7-9-20-21(12-16)28-13-27-20)22(24)23-10-4-5-18(23)17-11-15(25-2)6-8-19(17)26-3/h6-9,11-12,14,18H,4-5,10,13H2,1-3H3. The van der Waals surface area contributed by atoms with Gasteiger partial charge in [0.25, 0.3) is 5.91 Å². The molecule has 4 rings (SSSR count). The number of carbonyl (C=O) groups excluding carboxylic acids is 1. The molecule has 2 aromatic rings. The Morgan fingerprint density at radius 3 is 2.66 bits per heavy atom. The molecule has 0 aromatic heterocycles. The first-order valence-corrected chi connectivity index (χ1v) is 9.69. The molecular formula is C22H25NO6. The lowest BCUT2D eigenvalue weighted by atomic mass is 10.0. The van der Waals surface area contributed by atoms with Crippen LogP contribution in [0.1, 0.15) is 31.4 Å². The number of rotatable bonds is 6. The highest BCUT2D eigenvalue weighted by molar-refractivity contribution is 5.82. The molecule has 2 heterocycles. The van der Waals surface area contributed by atoms with Gasteiger partial charge in [-0.3, -0.25) is 4.79 Å². The van der Waals surface area contributed by atoms with Crippen molar-refractivity contribution in [2.75, 3.05) is 27.6 Å². The van der Waals surface area contributed by atoms with E-state index in [-0.39, 0.29) is 18.7 Å². The average molecular weight is 399 g/mol. The van der Waals surface area contributed by atoms with Crippen molar-refractivity contribution in [2.24, 2.45) is 0 Å². The van der Waals surface area contributed by atoms with Gasteiger partial charge in [-0.15, -0.1) is 0 Å². The SMILES string of the molecule is COc1ccc(OC)c(C2CCCN2C(=O)C(C)Oc2ccc3c(c2)OCO3)c1. The number of methoxy groups -OCH3 is 2. The molecule has 2 atom stereocenters. The zero-order valence-corrected chi connectivity index (χ0v) is 16.8. The molecule has 7 nitrogen and oxygen atoms in total. The first kappa shape index (κ1) is 19.2. The molecule has 0 aliphatic carbocycles. The lowest BCUT2D eigenvalue weighted by Gasteiger charge is -2.29. The second-order valence-corrected chi connectivity index (χ2v) is 7.07. The zero-order chi connectivity index (χ0) is 20.4. The second-order valence-electron chi connectivity index (χ2n) is 7.07. The Kier molecular flexibility index (Phi) is 5.38. The summed E-state index contributed by atoms with van der Waals surface area (Å²) in [6, 6.07) is 10.9. The summed E-state index contributed by atoms with van der Waals surface area (Å²) in [5.41, 5.74) is 0.952. The lowest BCUT2D eigenvalue weighted by Crippen LogP contribution is -2.40. The molecule has 0 N–H and O–H groups in total. The summed E-state index contributed by atoms with van der Waals surface area (Å²) in [6.45, 7) is 2.65. The van der Waals surface area contributed by atoms with Crippen LogP contribution in [0.5, 0.6) is 28.7 Å². The summed E-state index contributed by atoms with van der Waals surface area (Å²) < 4.78 is 27.5. The van der Waals surface area contributed by atoms with Crippen molar-refractivity contribution in [3.63, 3.8) is 0 Å². The van der Waals surface area contributed by atoms with E-state index in [4.69, 9.17) is 23.7 Å². The summed E-state index contributed by atoms with van der Waals surface area (Å²) in [7, 11) is 3.27. The summed E-state index contributed by atoms with van der Waals surface area (Å²) in [5.74, 6) is 3.31. The fourth-order valence-electron chi connectivity index (χ4n) is 3.89. The van der Waals surface area contributed by atoms with Gasteiger partial charge in [0.2, 0.25) is 6.79 Å². The van der Waals surface area contributed by atoms with Crippen LogP contribution in [0, 0.1) is 0 Å². The minimum atomic E-state index is -0.632. The molecule has 0 saturated carbocycles. The van der Waals surface area contributed by atoms with Gasteiger partial charge in [-0.25, -0.2) is 0 Å². The van der Waals surface area contributed by atoms with E-state index in [0.717, 1.165) is 29.9 Å². The van der Waals surface area contributed by atoms with Crippen molar-refractivity contribution < 1.29 is 28.5 Å². The molecule has 1 fully saturated rings. The molecule has 2 aromatic carbocycles. The Morgan fingerprint density at radius 2 is 1.86 bits per heavy atom. The molecule has 2 unspecified atom stereocenters. The Hall–Kier alpha value is -3.09. The van der Waals surface area contributed by atoms with Crippen LogP contribution in [0.15, 0.2) is 36.4 Å². The normalized spacial score (nSPS) is 18.4. The van der Waals surface area contributed by atoms with Gasteiger partial charge in [0.05, 0.1) is 20.3 Å². The van der Waals surface area contributed by atoms with E-state index in [1.54, 1.807) is 39.3 Å². The van der Waals surface area contributed by atoms with E-state index in [1.165, 1.54) is 0 Å². The van der Waals surface area contributed by atoms with Gasteiger partial charge in [0.15, 0.2) is 17.6 Å². The van der Waals surface area contributed by atoms with E-state index in [0.29, 0.717) is 23.8 Å². The minimum Gasteiger partial charge on any atom is -0.497 e. The number of benzene rings is 2. The number of nitrogens with zero attached hydrogens (tertiary/aromatic N) is 1. The Bertz CT molecular complexity index is 899. The topological polar surface area (TPSA) is 66.5 Å². The number of hydrogen-bond donors (Lipinski definition) is 0. The Morgan fingerprint density at radius 1 is 1.07 bits per heavy atom. The molecule has 0 spiro atoms. The molecule has 1 amide bonds. The fourth-order valence-corrected chi connectivity index (χ4v) is 3.89.